The number of nitrogens with one attached hydrogen (secondary N) is 1. The fraction of sp³-hybridized carbons (Fsp3) is 0.471. The summed E-state index contributed by atoms with van der Waals surface area (Å²) in [5.41, 5.74) is 1.21. The van der Waals surface area contributed by atoms with Gasteiger partial charge in [-0.2, -0.15) is 0 Å². The highest BCUT2D eigenvalue weighted by Gasteiger charge is 2.18. The minimum atomic E-state index is -1.00. The van der Waals surface area contributed by atoms with E-state index in [-0.39, 0.29) is 10.8 Å². The van der Waals surface area contributed by atoms with E-state index in [1.165, 1.54) is 43.9 Å². The first-order chi connectivity index (χ1) is 11.6. The maximum absolute atomic E-state index is 12.0. The Labute approximate surface area is 148 Å². The van der Waals surface area contributed by atoms with E-state index in [2.05, 4.69) is 10.7 Å². The normalized spacial score (nSPS) is 15.3. The fourth-order valence-electron chi connectivity index (χ4n) is 2.97. The number of aromatic nitrogens is 1. The van der Waals surface area contributed by atoms with Gasteiger partial charge >= 0.3 is 5.97 Å². The molecule has 1 saturated carbocycles. The van der Waals surface area contributed by atoms with Crippen LogP contribution >= 0.6 is 22.7 Å². The van der Waals surface area contributed by atoms with Crippen molar-refractivity contribution in [2.24, 2.45) is 0 Å². The van der Waals surface area contributed by atoms with Crippen LogP contribution in [0.15, 0.2) is 17.5 Å². The van der Waals surface area contributed by atoms with Crippen LogP contribution in [0.1, 0.15) is 68.1 Å². The Morgan fingerprint density at radius 3 is 2.67 bits per heavy atom. The van der Waals surface area contributed by atoms with Crippen molar-refractivity contribution in [1.29, 1.82) is 0 Å². The standard InChI is InChI=1S/C17H20N2O3S2/c20-16(13-6-7-14(24-13)17(21)22)18-9-8-15-19-12(10-23-15)11-4-2-1-3-5-11/h6-7,10-11H,1-5,8-9H2,(H,18,20)(H,21,22). The van der Waals surface area contributed by atoms with Crippen LogP contribution in [0.5, 0.6) is 0 Å². The molecule has 1 aliphatic carbocycles. The molecule has 2 aromatic heterocycles. The third kappa shape index (κ3) is 4.21. The van der Waals surface area contributed by atoms with Crippen molar-refractivity contribution in [2.75, 3.05) is 6.54 Å². The first-order valence-corrected chi connectivity index (χ1v) is 9.88. The summed E-state index contributed by atoms with van der Waals surface area (Å²) in [6.45, 7) is 0.511. The van der Waals surface area contributed by atoms with E-state index in [9.17, 15) is 9.59 Å². The van der Waals surface area contributed by atoms with Crippen molar-refractivity contribution in [3.8, 4) is 0 Å². The first kappa shape index (κ1) is 17.1. The predicted octanol–water partition coefficient (Wildman–Crippen LogP) is 3.92. The molecule has 128 valence electrons. The largest absolute Gasteiger partial charge is 0.477 e. The number of thiophene rings is 1. The zero-order chi connectivity index (χ0) is 16.9. The predicted molar refractivity (Wildman–Crippen MR) is 95.3 cm³/mol. The molecular weight excluding hydrogens is 344 g/mol. The number of carboxylic acids is 1. The lowest BCUT2D eigenvalue weighted by atomic mass is 9.87. The molecule has 24 heavy (non-hydrogen) atoms. The van der Waals surface area contributed by atoms with Gasteiger partial charge in [-0.05, 0) is 25.0 Å². The summed E-state index contributed by atoms with van der Waals surface area (Å²) in [4.78, 5) is 28.2. The van der Waals surface area contributed by atoms with Crippen LogP contribution in [0.3, 0.4) is 0 Å². The van der Waals surface area contributed by atoms with Gasteiger partial charge in [0.05, 0.1) is 15.6 Å². The number of rotatable bonds is 6. The van der Waals surface area contributed by atoms with E-state index in [0.29, 0.717) is 23.8 Å². The van der Waals surface area contributed by atoms with Crippen molar-refractivity contribution in [2.45, 2.75) is 44.4 Å². The number of carboxylic acid groups (broad SMARTS) is 1. The molecule has 1 aliphatic rings. The highest BCUT2D eigenvalue weighted by molar-refractivity contribution is 7.15. The number of thiazole rings is 1. The average molecular weight is 364 g/mol. The van der Waals surface area contributed by atoms with Gasteiger partial charge < -0.3 is 10.4 Å². The molecule has 0 radical (unpaired) electrons. The van der Waals surface area contributed by atoms with E-state index in [4.69, 9.17) is 10.1 Å². The van der Waals surface area contributed by atoms with Gasteiger partial charge in [0, 0.05) is 24.3 Å². The molecule has 3 rings (SSSR count). The van der Waals surface area contributed by atoms with Gasteiger partial charge in [0.2, 0.25) is 0 Å². The molecule has 5 nitrogen and oxygen atoms in total. The third-order valence-corrected chi connectivity index (χ3v) is 6.26. The van der Waals surface area contributed by atoms with E-state index in [1.807, 2.05) is 0 Å². The molecule has 0 spiro atoms. The van der Waals surface area contributed by atoms with Gasteiger partial charge in [-0.3, -0.25) is 4.79 Å². The molecule has 2 N–H and O–H groups in total. The lowest BCUT2D eigenvalue weighted by Gasteiger charge is -2.19. The summed E-state index contributed by atoms with van der Waals surface area (Å²) < 4.78 is 0. The van der Waals surface area contributed by atoms with E-state index < -0.39 is 5.97 Å². The molecule has 0 saturated heterocycles. The summed E-state index contributed by atoms with van der Waals surface area (Å²) in [6, 6.07) is 3.01. The molecule has 7 heteroatoms. The summed E-state index contributed by atoms with van der Waals surface area (Å²) >= 11 is 2.65. The number of hydrogen-bond acceptors (Lipinski definition) is 5. The molecule has 0 atom stereocenters. The minimum Gasteiger partial charge on any atom is -0.477 e. The summed E-state index contributed by atoms with van der Waals surface area (Å²) in [5.74, 6) is -0.618. The summed E-state index contributed by atoms with van der Waals surface area (Å²) in [5, 5.41) is 14.9. The number of amides is 1. The van der Waals surface area contributed by atoms with Gasteiger partial charge in [0.1, 0.15) is 4.88 Å². The van der Waals surface area contributed by atoms with E-state index in [0.717, 1.165) is 16.3 Å². The number of carbonyl (C=O) groups is 2. The van der Waals surface area contributed by atoms with Crippen molar-refractivity contribution >= 4 is 34.6 Å². The van der Waals surface area contributed by atoms with Crippen molar-refractivity contribution in [1.82, 2.24) is 10.3 Å². The second-order valence-corrected chi connectivity index (χ2v) is 8.00. The summed E-state index contributed by atoms with van der Waals surface area (Å²) in [7, 11) is 0. The van der Waals surface area contributed by atoms with E-state index in [1.54, 1.807) is 17.4 Å². The van der Waals surface area contributed by atoms with E-state index >= 15 is 0 Å². The molecule has 0 aliphatic heterocycles. The SMILES string of the molecule is O=C(O)c1ccc(C(=O)NCCc2nc(C3CCCCC3)cs2)s1. The van der Waals surface area contributed by atoms with Gasteiger partial charge in [0.15, 0.2) is 0 Å². The van der Waals surface area contributed by atoms with Crippen LogP contribution in [0.4, 0.5) is 0 Å². The lowest BCUT2D eigenvalue weighted by molar-refractivity contribution is 0.0702. The monoisotopic (exact) mass is 364 g/mol. The second-order valence-electron chi connectivity index (χ2n) is 5.98. The maximum atomic E-state index is 12.0. The van der Waals surface area contributed by atoms with Gasteiger partial charge in [-0.25, -0.2) is 9.78 Å². The molecule has 0 aromatic carbocycles. The summed E-state index contributed by atoms with van der Waals surface area (Å²) in [6.07, 6.45) is 7.12. The number of carbonyl (C=O) groups excluding carboxylic acids is 1. The Kier molecular flexibility index (Phi) is 5.63. The smallest absolute Gasteiger partial charge is 0.345 e. The number of hydrogen-bond donors (Lipinski definition) is 2. The zero-order valence-electron chi connectivity index (χ0n) is 13.3. The van der Waals surface area contributed by atoms with Crippen molar-refractivity contribution in [3.05, 3.63) is 38.0 Å². The van der Waals surface area contributed by atoms with Gasteiger partial charge in [-0.15, -0.1) is 22.7 Å². The average Bonchev–Trinajstić information content (AvgIpc) is 3.25. The molecule has 0 bridgehead atoms. The Morgan fingerprint density at radius 2 is 1.96 bits per heavy atom. The highest BCUT2D eigenvalue weighted by atomic mass is 32.1. The van der Waals surface area contributed by atoms with Crippen LogP contribution < -0.4 is 5.32 Å². The second kappa shape index (κ2) is 7.90. The molecule has 0 unspecified atom stereocenters. The highest BCUT2D eigenvalue weighted by Crippen LogP contribution is 2.33. The van der Waals surface area contributed by atoms with Gasteiger partial charge in [0.25, 0.3) is 5.91 Å². The van der Waals surface area contributed by atoms with Crippen LogP contribution in [0, 0.1) is 0 Å². The molecule has 1 fully saturated rings. The maximum Gasteiger partial charge on any atom is 0.345 e. The molecule has 2 aromatic rings. The third-order valence-electron chi connectivity index (χ3n) is 4.26. The fourth-order valence-corrected chi connectivity index (χ4v) is 4.61. The molecular formula is C17H20N2O3S2. The minimum absolute atomic E-state index is 0.178. The molecule has 2 heterocycles. The zero-order valence-corrected chi connectivity index (χ0v) is 14.9. The quantitative estimate of drug-likeness (QED) is 0.814. The Balaban J connectivity index is 1.48. The first-order valence-electron chi connectivity index (χ1n) is 8.19. The number of aromatic carboxylic acids is 1. The Morgan fingerprint density at radius 1 is 1.21 bits per heavy atom. The van der Waals surface area contributed by atoms with Crippen LogP contribution in [-0.2, 0) is 6.42 Å². The Hall–Kier alpha value is -1.73. The topological polar surface area (TPSA) is 79.3 Å². The number of nitrogens with zero attached hydrogens (tertiary/aromatic N) is 1. The molecule has 1 amide bonds. The lowest BCUT2D eigenvalue weighted by Crippen LogP contribution is -2.24. The van der Waals surface area contributed by atoms with Crippen LogP contribution in [-0.4, -0.2) is 28.5 Å². The Bertz CT molecular complexity index is 717. The van der Waals surface area contributed by atoms with Crippen LogP contribution in [0.25, 0.3) is 0 Å². The van der Waals surface area contributed by atoms with Crippen molar-refractivity contribution < 1.29 is 14.7 Å². The van der Waals surface area contributed by atoms with Gasteiger partial charge in [-0.1, -0.05) is 19.3 Å². The van der Waals surface area contributed by atoms with Crippen LogP contribution in [0.2, 0.25) is 0 Å². The van der Waals surface area contributed by atoms with Crippen molar-refractivity contribution in [3.63, 3.8) is 0 Å².